The SMILES string of the molecule is Cc1ccc(C(=O)NCC(=O)OCC(=O)N(C2CC2)[C@H]2CCS(=O)(=O)C2)cc1C. The first-order valence-electron chi connectivity index (χ1n) is 9.69. The van der Waals surface area contributed by atoms with E-state index in [0.29, 0.717) is 12.0 Å². The number of hydrogen-bond acceptors (Lipinski definition) is 6. The van der Waals surface area contributed by atoms with Crippen LogP contribution in [-0.2, 0) is 24.2 Å². The molecule has 1 atom stereocenters. The van der Waals surface area contributed by atoms with E-state index in [1.165, 1.54) is 0 Å². The Labute approximate surface area is 170 Å². The Morgan fingerprint density at radius 2 is 1.83 bits per heavy atom. The zero-order chi connectivity index (χ0) is 21.2. The Kier molecular flexibility index (Phi) is 6.26. The third-order valence-electron chi connectivity index (χ3n) is 5.35. The van der Waals surface area contributed by atoms with Crippen molar-refractivity contribution in [2.75, 3.05) is 24.7 Å². The number of carbonyl (C=O) groups is 3. The zero-order valence-corrected chi connectivity index (χ0v) is 17.5. The Bertz CT molecular complexity index is 923. The number of hydrogen-bond donors (Lipinski definition) is 1. The average Bonchev–Trinajstić information content (AvgIpc) is 3.43. The molecule has 3 rings (SSSR count). The molecule has 1 aliphatic carbocycles. The topological polar surface area (TPSA) is 110 Å². The lowest BCUT2D eigenvalue weighted by Crippen LogP contribution is -2.45. The van der Waals surface area contributed by atoms with Crippen LogP contribution >= 0.6 is 0 Å². The summed E-state index contributed by atoms with van der Waals surface area (Å²) < 4.78 is 28.4. The van der Waals surface area contributed by atoms with Crippen LogP contribution in [0.2, 0.25) is 0 Å². The van der Waals surface area contributed by atoms with E-state index in [1.807, 2.05) is 19.9 Å². The molecule has 1 aliphatic heterocycles. The van der Waals surface area contributed by atoms with Gasteiger partial charge in [-0.2, -0.15) is 0 Å². The van der Waals surface area contributed by atoms with E-state index in [-0.39, 0.29) is 36.0 Å². The van der Waals surface area contributed by atoms with Crippen molar-refractivity contribution in [1.29, 1.82) is 0 Å². The standard InChI is InChI=1S/C20H26N2O6S/c1-13-3-4-15(9-14(13)2)20(25)21-10-19(24)28-11-18(23)22(16-5-6-16)17-7-8-29(26,27)12-17/h3-4,9,16-17H,5-8,10-12H2,1-2H3,(H,21,25)/t17-/m0/s1. The summed E-state index contributed by atoms with van der Waals surface area (Å²) in [5, 5.41) is 2.48. The van der Waals surface area contributed by atoms with Gasteiger partial charge in [0.2, 0.25) is 0 Å². The number of esters is 1. The molecular formula is C20H26N2O6S. The van der Waals surface area contributed by atoms with E-state index in [9.17, 15) is 22.8 Å². The second kappa shape index (κ2) is 8.52. The Morgan fingerprint density at radius 3 is 2.41 bits per heavy atom. The minimum atomic E-state index is -3.11. The third-order valence-corrected chi connectivity index (χ3v) is 7.10. The molecule has 29 heavy (non-hydrogen) atoms. The summed E-state index contributed by atoms with van der Waals surface area (Å²) in [6.45, 7) is 3.04. The van der Waals surface area contributed by atoms with Crippen molar-refractivity contribution < 1.29 is 27.5 Å². The van der Waals surface area contributed by atoms with E-state index in [1.54, 1.807) is 17.0 Å². The fourth-order valence-electron chi connectivity index (χ4n) is 3.46. The number of sulfone groups is 1. The number of ether oxygens (including phenoxy) is 1. The zero-order valence-electron chi connectivity index (χ0n) is 16.6. The van der Waals surface area contributed by atoms with Crippen LogP contribution in [0.5, 0.6) is 0 Å². The number of aryl methyl sites for hydroxylation is 2. The van der Waals surface area contributed by atoms with Crippen LogP contribution in [0, 0.1) is 13.8 Å². The molecular weight excluding hydrogens is 396 g/mol. The lowest BCUT2D eigenvalue weighted by Gasteiger charge is -2.28. The summed E-state index contributed by atoms with van der Waals surface area (Å²) >= 11 is 0. The minimum Gasteiger partial charge on any atom is -0.454 e. The average molecular weight is 423 g/mol. The quantitative estimate of drug-likeness (QED) is 0.650. The molecule has 2 fully saturated rings. The summed E-state index contributed by atoms with van der Waals surface area (Å²) in [7, 11) is -3.11. The molecule has 1 heterocycles. The smallest absolute Gasteiger partial charge is 0.325 e. The highest BCUT2D eigenvalue weighted by Gasteiger charge is 2.42. The van der Waals surface area contributed by atoms with Gasteiger partial charge in [-0.15, -0.1) is 0 Å². The molecule has 1 saturated carbocycles. The Balaban J connectivity index is 1.47. The molecule has 1 saturated heterocycles. The fraction of sp³-hybridized carbons (Fsp3) is 0.550. The second-order valence-electron chi connectivity index (χ2n) is 7.73. The van der Waals surface area contributed by atoms with Crippen molar-refractivity contribution in [3.63, 3.8) is 0 Å². The molecule has 0 spiro atoms. The first-order valence-corrected chi connectivity index (χ1v) is 11.5. The maximum Gasteiger partial charge on any atom is 0.325 e. The van der Waals surface area contributed by atoms with Crippen molar-refractivity contribution in [1.82, 2.24) is 10.2 Å². The van der Waals surface area contributed by atoms with E-state index in [2.05, 4.69) is 5.32 Å². The predicted octanol–water partition coefficient (Wildman–Crippen LogP) is 0.755. The maximum atomic E-state index is 12.5. The van der Waals surface area contributed by atoms with E-state index in [4.69, 9.17) is 4.74 Å². The first-order chi connectivity index (χ1) is 13.7. The van der Waals surface area contributed by atoms with Gasteiger partial charge in [0, 0.05) is 17.6 Å². The van der Waals surface area contributed by atoms with Crippen LogP contribution < -0.4 is 5.32 Å². The first kappa shape index (κ1) is 21.3. The molecule has 2 amide bonds. The molecule has 0 aromatic heterocycles. The highest BCUT2D eigenvalue weighted by atomic mass is 32.2. The van der Waals surface area contributed by atoms with Crippen LogP contribution in [0.1, 0.15) is 40.7 Å². The van der Waals surface area contributed by atoms with Gasteiger partial charge in [-0.1, -0.05) is 6.07 Å². The fourth-order valence-corrected chi connectivity index (χ4v) is 5.17. The van der Waals surface area contributed by atoms with Crippen molar-refractivity contribution in [2.45, 2.75) is 45.2 Å². The number of nitrogens with one attached hydrogen (secondary N) is 1. The number of nitrogens with zero attached hydrogens (tertiary/aromatic N) is 1. The van der Waals surface area contributed by atoms with Gasteiger partial charge in [-0.05, 0) is 56.4 Å². The van der Waals surface area contributed by atoms with Crippen molar-refractivity contribution in [3.05, 3.63) is 34.9 Å². The predicted molar refractivity (Wildman–Crippen MR) is 106 cm³/mol. The van der Waals surface area contributed by atoms with Crippen LogP contribution in [-0.4, -0.2) is 67.8 Å². The van der Waals surface area contributed by atoms with E-state index >= 15 is 0 Å². The molecule has 1 aromatic rings. The van der Waals surface area contributed by atoms with Gasteiger partial charge >= 0.3 is 5.97 Å². The summed E-state index contributed by atoms with van der Waals surface area (Å²) in [4.78, 5) is 38.2. The van der Waals surface area contributed by atoms with Gasteiger partial charge in [0.1, 0.15) is 6.54 Å². The number of benzene rings is 1. The van der Waals surface area contributed by atoms with Gasteiger partial charge < -0.3 is 15.0 Å². The van der Waals surface area contributed by atoms with Gasteiger partial charge in [-0.3, -0.25) is 14.4 Å². The van der Waals surface area contributed by atoms with Crippen molar-refractivity contribution in [3.8, 4) is 0 Å². The number of amides is 2. The van der Waals surface area contributed by atoms with Crippen LogP contribution in [0.15, 0.2) is 18.2 Å². The highest BCUT2D eigenvalue weighted by Crippen LogP contribution is 2.32. The van der Waals surface area contributed by atoms with Crippen LogP contribution in [0.4, 0.5) is 0 Å². The largest absolute Gasteiger partial charge is 0.454 e. The maximum absolute atomic E-state index is 12.5. The van der Waals surface area contributed by atoms with Gasteiger partial charge in [0.05, 0.1) is 11.5 Å². The normalized spacial score (nSPS) is 20.1. The lowest BCUT2D eigenvalue weighted by molar-refractivity contribution is -0.152. The molecule has 8 nitrogen and oxygen atoms in total. The molecule has 0 bridgehead atoms. The molecule has 1 N–H and O–H groups in total. The second-order valence-corrected chi connectivity index (χ2v) is 9.96. The van der Waals surface area contributed by atoms with Crippen molar-refractivity contribution >= 4 is 27.6 Å². The minimum absolute atomic E-state index is 0.0315. The lowest BCUT2D eigenvalue weighted by atomic mass is 10.1. The van der Waals surface area contributed by atoms with E-state index < -0.39 is 28.3 Å². The van der Waals surface area contributed by atoms with Crippen LogP contribution in [0.25, 0.3) is 0 Å². The number of carbonyl (C=O) groups excluding carboxylic acids is 3. The third kappa shape index (κ3) is 5.56. The molecule has 0 unspecified atom stereocenters. The Hall–Kier alpha value is -2.42. The van der Waals surface area contributed by atoms with Gasteiger partial charge in [0.15, 0.2) is 16.4 Å². The summed E-state index contributed by atoms with van der Waals surface area (Å²) in [5.74, 6) is -1.45. The van der Waals surface area contributed by atoms with Crippen molar-refractivity contribution in [2.24, 2.45) is 0 Å². The van der Waals surface area contributed by atoms with Crippen LogP contribution in [0.3, 0.4) is 0 Å². The highest BCUT2D eigenvalue weighted by molar-refractivity contribution is 7.91. The molecule has 158 valence electrons. The molecule has 9 heteroatoms. The Morgan fingerprint density at radius 1 is 1.10 bits per heavy atom. The van der Waals surface area contributed by atoms with Gasteiger partial charge in [-0.25, -0.2) is 8.42 Å². The number of rotatable bonds is 7. The summed E-state index contributed by atoms with van der Waals surface area (Å²) in [6.07, 6.45) is 2.09. The molecule has 0 radical (unpaired) electrons. The van der Waals surface area contributed by atoms with Gasteiger partial charge in [0.25, 0.3) is 11.8 Å². The monoisotopic (exact) mass is 422 g/mol. The van der Waals surface area contributed by atoms with E-state index in [0.717, 1.165) is 24.0 Å². The molecule has 1 aromatic carbocycles. The molecule has 2 aliphatic rings. The summed E-state index contributed by atoms with van der Waals surface area (Å²) in [6, 6.07) is 4.93. The summed E-state index contributed by atoms with van der Waals surface area (Å²) in [5.41, 5.74) is 2.48.